The Bertz CT molecular complexity index is 730. The second kappa shape index (κ2) is 5.81. The Hall–Kier alpha value is -2.92. The van der Waals surface area contributed by atoms with Gasteiger partial charge in [-0.25, -0.2) is 8.78 Å². The van der Waals surface area contributed by atoms with Gasteiger partial charge in [-0.3, -0.25) is 0 Å². The molecule has 0 N–H and O–H groups in total. The lowest BCUT2D eigenvalue weighted by molar-refractivity contribution is 0.298. The van der Waals surface area contributed by atoms with E-state index in [0.29, 0.717) is 5.56 Å². The van der Waals surface area contributed by atoms with E-state index in [1.165, 1.54) is 30.3 Å². The third-order valence-corrected chi connectivity index (χ3v) is 2.63. The fourth-order valence-corrected chi connectivity index (χ4v) is 1.59. The highest BCUT2D eigenvalue weighted by Gasteiger charge is 2.07. The average Bonchev–Trinajstić information content (AvgIpc) is 2.46. The molecule has 0 radical (unpaired) electrons. The predicted molar refractivity (Wildman–Crippen MR) is 66.6 cm³/mol. The third-order valence-electron chi connectivity index (χ3n) is 2.63. The first-order valence-electron chi connectivity index (χ1n) is 5.65. The summed E-state index contributed by atoms with van der Waals surface area (Å²) in [6.45, 7) is -0.132. The highest BCUT2D eigenvalue weighted by molar-refractivity contribution is 5.37. The topological polar surface area (TPSA) is 56.8 Å². The normalized spacial score (nSPS) is 9.60. The predicted octanol–water partition coefficient (Wildman–Crippen LogP) is 3.29. The highest BCUT2D eigenvalue weighted by Crippen LogP contribution is 2.18. The Labute approximate surface area is 114 Å². The van der Waals surface area contributed by atoms with Crippen molar-refractivity contribution in [3.05, 3.63) is 64.7 Å². The molecule has 0 aliphatic carbocycles. The summed E-state index contributed by atoms with van der Waals surface area (Å²) in [6.07, 6.45) is 0. The molecule has 2 aromatic rings. The maximum absolute atomic E-state index is 13.5. The molecule has 0 amide bonds. The number of rotatable bonds is 3. The molecule has 0 spiro atoms. The first-order valence-corrected chi connectivity index (χ1v) is 5.65. The summed E-state index contributed by atoms with van der Waals surface area (Å²) < 4.78 is 32.1. The lowest BCUT2D eigenvalue weighted by Gasteiger charge is -2.08. The minimum atomic E-state index is -0.698. The Morgan fingerprint density at radius 3 is 2.40 bits per heavy atom. The molecule has 2 rings (SSSR count). The fraction of sp³-hybridized carbons (Fsp3) is 0.0667. The summed E-state index contributed by atoms with van der Waals surface area (Å²) >= 11 is 0. The quantitative estimate of drug-likeness (QED) is 0.859. The van der Waals surface area contributed by atoms with Crippen LogP contribution in [0, 0.1) is 34.3 Å². The molecule has 0 heterocycles. The largest absolute Gasteiger partial charge is 0.489 e. The Kier molecular flexibility index (Phi) is 3.93. The Morgan fingerprint density at radius 2 is 1.75 bits per heavy atom. The second-order valence-corrected chi connectivity index (χ2v) is 3.96. The highest BCUT2D eigenvalue weighted by atomic mass is 19.1. The van der Waals surface area contributed by atoms with Crippen molar-refractivity contribution >= 4 is 0 Å². The smallest absolute Gasteiger partial charge is 0.144 e. The van der Waals surface area contributed by atoms with E-state index in [1.54, 1.807) is 6.07 Å². The zero-order chi connectivity index (χ0) is 14.5. The lowest BCUT2D eigenvalue weighted by atomic mass is 10.1. The molecule has 0 atom stereocenters. The van der Waals surface area contributed by atoms with Crippen LogP contribution in [0.15, 0.2) is 36.4 Å². The zero-order valence-corrected chi connectivity index (χ0v) is 10.2. The Balaban J connectivity index is 2.15. The van der Waals surface area contributed by atoms with Gasteiger partial charge in [0.1, 0.15) is 30.1 Å². The lowest BCUT2D eigenvalue weighted by Crippen LogP contribution is -2.00. The average molecular weight is 270 g/mol. The van der Waals surface area contributed by atoms with E-state index in [4.69, 9.17) is 15.3 Å². The molecule has 0 saturated heterocycles. The maximum atomic E-state index is 13.5. The van der Waals surface area contributed by atoms with Crippen LogP contribution in [0.2, 0.25) is 0 Å². The van der Waals surface area contributed by atoms with Crippen LogP contribution < -0.4 is 4.74 Å². The van der Waals surface area contributed by atoms with Crippen molar-refractivity contribution in [2.75, 3.05) is 0 Å². The van der Waals surface area contributed by atoms with E-state index < -0.39 is 11.6 Å². The van der Waals surface area contributed by atoms with Crippen molar-refractivity contribution in [2.24, 2.45) is 0 Å². The van der Waals surface area contributed by atoms with Gasteiger partial charge in [0.05, 0.1) is 17.2 Å². The summed E-state index contributed by atoms with van der Waals surface area (Å²) in [7, 11) is 0. The molecule has 0 aliphatic heterocycles. The minimum Gasteiger partial charge on any atom is -0.489 e. The molecule has 0 unspecified atom stereocenters. The van der Waals surface area contributed by atoms with Crippen LogP contribution in [-0.2, 0) is 6.61 Å². The van der Waals surface area contributed by atoms with Gasteiger partial charge < -0.3 is 4.74 Å². The molecule has 0 fully saturated rings. The first-order chi connectivity index (χ1) is 9.63. The number of nitriles is 2. The van der Waals surface area contributed by atoms with Gasteiger partial charge in [-0.2, -0.15) is 10.5 Å². The third kappa shape index (κ3) is 2.90. The van der Waals surface area contributed by atoms with E-state index in [2.05, 4.69) is 0 Å². The minimum absolute atomic E-state index is 0.0880. The van der Waals surface area contributed by atoms with Gasteiger partial charge in [0.15, 0.2) is 0 Å². The van der Waals surface area contributed by atoms with Gasteiger partial charge in [0.2, 0.25) is 0 Å². The van der Waals surface area contributed by atoms with Gasteiger partial charge in [0, 0.05) is 11.6 Å². The van der Waals surface area contributed by atoms with E-state index >= 15 is 0 Å². The van der Waals surface area contributed by atoms with Crippen LogP contribution in [0.3, 0.4) is 0 Å². The maximum Gasteiger partial charge on any atom is 0.144 e. The fourth-order valence-electron chi connectivity index (χ4n) is 1.59. The molecule has 0 saturated carbocycles. The van der Waals surface area contributed by atoms with Crippen LogP contribution in [0.25, 0.3) is 0 Å². The SMILES string of the molecule is N#Cc1ccc(F)c(COc2ccc(C#N)c(F)c2)c1. The van der Waals surface area contributed by atoms with Gasteiger partial charge in [-0.05, 0) is 30.3 Å². The van der Waals surface area contributed by atoms with Crippen LogP contribution in [0.4, 0.5) is 8.78 Å². The molecule has 0 aromatic heterocycles. The molecule has 3 nitrogen and oxygen atoms in total. The number of ether oxygens (including phenoxy) is 1. The van der Waals surface area contributed by atoms with E-state index in [9.17, 15) is 8.78 Å². The molecular weight excluding hydrogens is 262 g/mol. The summed E-state index contributed by atoms with van der Waals surface area (Å²) in [5, 5.41) is 17.3. The van der Waals surface area contributed by atoms with Gasteiger partial charge in [0.25, 0.3) is 0 Å². The van der Waals surface area contributed by atoms with E-state index in [0.717, 1.165) is 6.07 Å². The summed E-state index contributed by atoms with van der Waals surface area (Å²) in [5.74, 6) is -1.02. The van der Waals surface area contributed by atoms with Crippen LogP contribution in [0.1, 0.15) is 16.7 Å². The van der Waals surface area contributed by atoms with Crippen molar-refractivity contribution in [3.8, 4) is 17.9 Å². The van der Waals surface area contributed by atoms with Crippen molar-refractivity contribution in [2.45, 2.75) is 6.61 Å². The molecule has 2 aromatic carbocycles. The number of hydrogen-bond donors (Lipinski definition) is 0. The summed E-state index contributed by atoms with van der Waals surface area (Å²) in [6, 6.07) is 11.3. The van der Waals surface area contributed by atoms with Crippen LogP contribution in [-0.4, -0.2) is 0 Å². The molecule has 0 aliphatic rings. The molecular formula is C15H8F2N2O. The van der Waals surface area contributed by atoms with Crippen LogP contribution in [0.5, 0.6) is 5.75 Å². The van der Waals surface area contributed by atoms with Crippen molar-refractivity contribution in [1.82, 2.24) is 0 Å². The van der Waals surface area contributed by atoms with Gasteiger partial charge in [-0.1, -0.05) is 0 Å². The van der Waals surface area contributed by atoms with Crippen LogP contribution >= 0.6 is 0 Å². The van der Waals surface area contributed by atoms with Gasteiger partial charge >= 0.3 is 0 Å². The Morgan fingerprint density at radius 1 is 0.950 bits per heavy atom. The van der Waals surface area contributed by atoms with E-state index in [1.807, 2.05) is 6.07 Å². The summed E-state index contributed by atoms with van der Waals surface area (Å²) in [5.41, 5.74) is 0.430. The monoisotopic (exact) mass is 270 g/mol. The first kappa shape index (κ1) is 13.5. The zero-order valence-electron chi connectivity index (χ0n) is 10.2. The summed E-state index contributed by atoms with van der Waals surface area (Å²) in [4.78, 5) is 0. The number of halogens is 2. The second-order valence-electron chi connectivity index (χ2n) is 3.96. The van der Waals surface area contributed by atoms with Crippen molar-refractivity contribution in [3.63, 3.8) is 0 Å². The molecule has 5 heteroatoms. The van der Waals surface area contributed by atoms with E-state index in [-0.39, 0.29) is 23.5 Å². The molecule has 20 heavy (non-hydrogen) atoms. The molecule has 0 bridgehead atoms. The number of nitrogens with zero attached hydrogens (tertiary/aromatic N) is 2. The van der Waals surface area contributed by atoms with Gasteiger partial charge in [-0.15, -0.1) is 0 Å². The number of benzene rings is 2. The standard InChI is InChI=1S/C15H8F2N2O/c16-14-4-1-10(7-18)5-12(14)9-20-13-3-2-11(8-19)15(17)6-13/h1-6H,9H2. The van der Waals surface area contributed by atoms with Crippen molar-refractivity contribution < 1.29 is 13.5 Å². The molecule has 98 valence electrons. The number of hydrogen-bond acceptors (Lipinski definition) is 3. The van der Waals surface area contributed by atoms with Crippen molar-refractivity contribution in [1.29, 1.82) is 10.5 Å².